The van der Waals surface area contributed by atoms with Crippen LogP contribution in [-0.4, -0.2) is 36.2 Å². The molecule has 0 radical (unpaired) electrons. The minimum Gasteiger partial charge on any atom is -0.352 e. The van der Waals surface area contributed by atoms with Crippen LogP contribution in [0.2, 0.25) is 5.02 Å². The summed E-state index contributed by atoms with van der Waals surface area (Å²) in [6, 6.07) is 7.36. The summed E-state index contributed by atoms with van der Waals surface area (Å²) in [5.41, 5.74) is 1.91. The van der Waals surface area contributed by atoms with Crippen molar-refractivity contribution < 1.29 is 4.79 Å². The zero-order valence-corrected chi connectivity index (χ0v) is 13.2. The highest BCUT2D eigenvalue weighted by Gasteiger charge is 2.16. The van der Waals surface area contributed by atoms with Gasteiger partial charge in [-0.1, -0.05) is 29.8 Å². The SMILES string of the molecule is CNCCCNC(=O)c1cn[nH]c1-c1ccccc1Cl.Cl. The zero-order chi connectivity index (χ0) is 14.4. The van der Waals surface area contributed by atoms with Gasteiger partial charge in [-0.15, -0.1) is 12.4 Å². The monoisotopic (exact) mass is 328 g/mol. The summed E-state index contributed by atoms with van der Waals surface area (Å²) in [6.45, 7) is 1.48. The second-order valence-electron chi connectivity index (χ2n) is 4.35. The molecule has 0 aliphatic heterocycles. The van der Waals surface area contributed by atoms with Gasteiger partial charge in [0.1, 0.15) is 0 Å². The van der Waals surface area contributed by atoms with E-state index in [1.54, 1.807) is 6.07 Å². The van der Waals surface area contributed by atoms with Gasteiger partial charge in [0.15, 0.2) is 0 Å². The summed E-state index contributed by atoms with van der Waals surface area (Å²) in [5, 5.41) is 13.3. The highest BCUT2D eigenvalue weighted by Crippen LogP contribution is 2.28. The standard InChI is InChI=1S/C14H17ClN4O.ClH/c1-16-7-4-8-17-14(20)11-9-18-19-13(11)10-5-2-3-6-12(10)15;/h2-3,5-6,9,16H,4,7-8H2,1H3,(H,17,20)(H,18,19);1H. The minimum atomic E-state index is -0.148. The number of amides is 1. The largest absolute Gasteiger partial charge is 0.352 e. The Kier molecular flexibility index (Phi) is 7.22. The van der Waals surface area contributed by atoms with E-state index in [1.807, 2.05) is 25.2 Å². The topological polar surface area (TPSA) is 69.8 Å². The van der Waals surface area contributed by atoms with E-state index in [0.717, 1.165) is 18.5 Å². The zero-order valence-electron chi connectivity index (χ0n) is 11.6. The number of rotatable bonds is 6. The van der Waals surface area contributed by atoms with Gasteiger partial charge >= 0.3 is 0 Å². The van der Waals surface area contributed by atoms with Crippen LogP contribution in [0.3, 0.4) is 0 Å². The second-order valence-corrected chi connectivity index (χ2v) is 4.76. The van der Waals surface area contributed by atoms with E-state index in [4.69, 9.17) is 11.6 Å². The van der Waals surface area contributed by atoms with Crippen LogP contribution in [-0.2, 0) is 0 Å². The Labute approximate surface area is 134 Å². The van der Waals surface area contributed by atoms with Crippen molar-refractivity contribution >= 4 is 29.9 Å². The molecule has 0 aliphatic rings. The lowest BCUT2D eigenvalue weighted by molar-refractivity contribution is 0.0954. The first-order valence-corrected chi connectivity index (χ1v) is 6.83. The van der Waals surface area contributed by atoms with Crippen LogP contribution in [0.25, 0.3) is 11.3 Å². The lowest BCUT2D eigenvalue weighted by Gasteiger charge is -2.06. The predicted octanol–water partition coefficient (Wildman–Crippen LogP) is 2.49. The first-order valence-electron chi connectivity index (χ1n) is 6.45. The van der Waals surface area contributed by atoms with Crippen molar-refractivity contribution in [2.24, 2.45) is 0 Å². The van der Waals surface area contributed by atoms with E-state index >= 15 is 0 Å². The fraction of sp³-hybridized carbons (Fsp3) is 0.286. The quantitative estimate of drug-likeness (QED) is 0.713. The molecule has 0 spiro atoms. The van der Waals surface area contributed by atoms with Gasteiger partial charge in [0.25, 0.3) is 5.91 Å². The molecule has 0 saturated carbocycles. The molecule has 2 rings (SSSR count). The number of halogens is 2. The van der Waals surface area contributed by atoms with Gasteiger partial charge in [-0.2, -0.15) is 5.10 Å². The molecular formula is C14H18Cl2N4O. The average molecular weight is 329 g/mol. The number of hydrogen-bond acceptors (Lipinski definition) is 3. The highest BCUT2D eigenvalue weighted by atomic mass is 35.5. The van der Waals surface area contributed by atoms with Gasteiger partial charge in [-0.25, -0.2) is 0 Å². The Bertz CT molecular complexity index is 586. The molecule has 1 heterocycles. The van der Waals surface area contributed by atoms with Crippen molar-refractivity contribution in [3.05, 3.63) is 41.0 Å². The second kappa shape index (κ2) is 8.67. The molecule has 0 atom stereocenters. The number of aromatic nitrogens is 2. The molecule has 0 saturated heterocycles. The number of H-pyrrole nitrogens is 1. The van der Waals surface area contributed by atoms with Crippen molar-refractivity contribution in [1.82, 2.24) is 20.8 Å². The molecule has 1 aromatic heterocycles. The summed E-state index contributed by atoms with van der Waals surface area (Å²) in [5.74, 6) is -0.148. The molecule has 0 unspecified atom stereocenters. The Morgan fingerprint density at radius 2 is 2.10 bits per heavy atom. The van der Waals surface area contributed by atoms with E-state index in [1.165, 1.54) is 6.20 Å². The van der Waals surface area contributed by atoms with Crippen molar-refractivity contribution in [2.75, 3.05) is 20.1 Å². The number of hydrogen-bond donors (Lipinski definition) is 3. The molecule has 5 nitrogen and oxygen atoms in total. The molecule has 1 amide bonds. The maximum absolute atomic E-state index is 12.1. The van der Waals surface area contributed by atoms with Crippen molar-refractivity contribution in [3.63, 3.8) is 0 Å². The van der Waals surface area contributed by atoms with Gasteiger partial charge in [0.05, 0.1) is 17.5 Å². The van der Waals surface area contributed by atoms with E-state index < -0.39 is 0 Å². The number of aromatic amines is 1. The molecule has 0 bridgehead atoms. The van der Waals surface area contributed by atoms with Crippen molar-refractivity contribution in [3.8, 4) is 11.3 Å². The number of nitrogens with one attached hydrogen (secondary N) is 3. The summed E-state index contributed by atoms with van der Waals surface area (Å²) in [6.07, 6.45) is 2.40. The van der Waals surface area contributed by atoms with Gasteiger partial charge in [0.2, 0.25) is 0 Å². The molecule has 2 aromatic rings. The molecule has 0 fully saturated rings. The van der Waals surface area contributed by atoms with Crippen LogP contribution < -0.4 is 10.6 Å². The van der Waals surface area contributed by atoms with Crippen LogP contribution in [0, 0.1) is 0 Å². The lowest BCUT2D eigenvalue weighted by Crippen LogP contribution is -2.26. The Hall–Kier alpha value is -1.56. The van der Waals surface area contributed by atoms with Crippen LogP contribution in [0.1, 0.15) is 16.8 Å². The lowest BCUT2D eigenvalue weighted by atomic mass is 10.1. The first-order chi connectivity index (χ1) is 9.74. The van der Waals surface area contributed by atoms with Gasteiger partial charge in [0, 0.05) is 17.1 Å². The number of nitrogens with zero attached hydrogens (tertiary/aromatic N) is 1. The summed E-state index contributed by atoms with van der Waals surface area (Å²) < 4.78 is 0. The number of benzene rings is 1. The van der Waals surface area contributed by atoms with E-state index in [0.29, 0.717) is 22.8 Å². The molecule has 7 heteroatoms. The fourth-order valence-corrected chi connectivity index (χ4v) is 2.12. The third-order valence-corrected chi connectivity index (χ3v) is 3.25. The van der Waals surface area contributed by atoms with Crippen molar-refractivity contribution in [2.45, 2.75) is 6.42 Å². The minimum absolute atomic E-state index is 0. The Balaban J connectivity index is 0.00000220. The normalized spacial score (nSPS) is 10.0. The Morgan fingerprint density at radius 1 is 1.33 bits per heavy atom. The highest BCUT2D eigenvalue weighted by molar-refractivity contribution is 6.33. The maximum atomic E-state index is 12.1. The molecule has 1 aromatic carbocycles. The number of carbonyl (C=O) groups is 1. The maximum Gasteiger partial charge on any atom is 0.255 e. The van der Waals surface area contributed by atoms with Crippen LogP contribution >= 0.6 is 24.0 Å². The smallest absolute Gasteiger partial charge is 0.255 e. The molecule has 0 aliphatic carbocycles. The summed E-state index contributed by atoms with van der Waals surface area (Å²) >= 11 is 6.15. The fourth-order valence-electron chi connectivity index (χ4n) is 1.89. The van der Waals surface area contributed by atoms with E-state index in [-0.39, 0.29) is 18.3 Å². The third-order valence-electron chi connectivity index (χ3n) is 2.92. The van der Waals surface area contributed by atoms with Crippen LogP contribution in [0.4, 0.5) is 0 Å². The molecule has 3 N–H and O–H groups in total. The number of carbonyl (C=O) groups excluding carboxylic acids is 1. The molecule has 114 valence electrons. The van der Waals surface area contributed by atoms with Crippen LogP contribution in [0.5, 0.6) is 0 Å². The first kappa shape index (κ1) is 17.5. The molecule has 21 heavy (non-hydrogen) atoms. The molecular weight excluding hydrogens is 311 g/mol. The summed E-state index contributed by atoms with van der Waals surface area (Å²) in [4.78, 5) is 12.1. The Morgan fingerprint density at radius 3 is 2.81 bits per heavy atom. The predicted molar refractivity (Wildman–Crippen MR) is 87.2 cm³/mol. The van der Waals surface area contributed by atoms with Gasteiger partial charge in [-0.05, 0) is 26.1 Å². The van der Waals surface area contributed by atoms with Gasteiger partial charge < -0.3 is 10.6 Å². The van der Waals surface area contributed by atoms with Crippen molar-refractivity contribution in [1.29, 1.82) is 0 Å². The van der Waals surface area contributed by atoms with E-state index in [9.17, 15) is 4.79 Å². The third kappa shape index (κ3) is 4.46. The van der Waals surface area contributed by atoms with Crippen LogP contribution in [0.15, 0.2) is 30.5 Å². The average Bonchev–Trinajstić information content (AvgIpc) is 2.93. The summed E-state index contributed by atoms with van der Waals surface area (Å²) in [7, 11) is 1.88. The van der Waals surface area contributed by atoms with Gasteiger partial charge in [-0.3, -0.25) is 9.89 Å². The van der Waals surface area contributed by atoms with E-state index in [2.05, 4.69) is 20.8 Å².